The summed E-state index contributed by atoms with van der Waals surface area (Å²) in [6.07, 6.45) is -0.266. The summed E-state index contributed by atoms with van der Waals surface area (Å²) in [4.78, 5) is 60.2. The highest BCUT2D eigenvalue weighted by atomic mass is 35.5. The van der Waals surface area contributed by atoms with Gasteiger partial charge < -0.3 is 33.3 Å². The minimum absolute atomic E-state index is 0.0223. The van der Waals surface area contributed by atoms with Gasteiger partial charge in [-0.1, -0.05) is 88.8 Å². The number of para-hydroxylation sites is 3. The number of ketones is 1. The predicted molar refractivity (Wildman–Crippen MR) is 302 cm³/mol. The van der Waals surface area contributed by atoms with Crippen LogP contribution in [0.25, 0.3) is 0 Å². The third-order valence-electron chi connectivity index (χ3n) is 12.1. The number of nitrogens with zero attached hydrogens (tertiary/aromatic N) is 4. The Balaban J connectivity index is 0.000000200. The molecule has 17 nitrogen and oxygen atoms in total. The van der Waals surface area contributed by atoms with Crippen LogP contribution in [0.3, 0.4) is 0 Å². The van der Waals surface area contributed by atoms with Crippen LogP contribution < -0.4 is 19.3 Å². The largest absolute Gasteiger partial charge is 0.489 e. The van der Waals surface area contributed by atoms with Gasteiger partial charge in [-0.05, 0) is 106 Å². The molecule has 1 saturated carbocycles. The van der Waals surface area contributed by atoms with Crippen LogP contribution in [0.5, 0.6) is 17.2 Å². The second kappa shape index (κ2) is 29.0. The number of carbonyl (C=O) groups excluding carboxylic acids is 4. The minimum Gasteiger partial charge on any atom is -0.489 e. The Morgan fingerprint density at radius 1 is 0.938 bits per heavy atom. The van der Waals surface area contributed by atoms with Crippen LogP contribution >= 0.6 is 58.0 Å². The SMILES string of the molecule is CC1COc2ccccc2N1C(=O)C(Cl)Cl.CCc1cccc(C)c1N(C(=O)CCl)C(C)COC.COC(=O)c1cc(Oc2ccc(Cl)cc2Cl)ccc1[N+](=O)[O-].CS(=O)(=O)c1cc(C(F)(F)F)ccc1C(=O)c1cnoc1C1CC1. The number of fused-ring (bicyclic) bond motifs is 1. The molecular formula is C55H54Cl5F3N4O13S. The van der Waals surface area contributed by atoms with E-state index in [4.69, 9.17) is 76.7 Å². The first-order valence-corrected chi connectivity index (χ1v) is 28.4. The van der Waals surface area contributed by atoms with E-state index in [1.54, 1.807) is 29.0 Å². The molecule has 0 spiro atoms. The highest BCUT2D eigenvalue weighted by Crippen LogP contribution is 2.43. The molecule has 5 aromatic carbocycles. The molecule has 0 radical (unpaired) electrons. The van der Waals surface area contributed by atoms with Gasteiger partial charge in [0.1, 0.15) is 35.3 Å². The maximum absolute atomic E-state index is 12.8. The molecule has 81 heavy (non-hydrogen) atoms. The van der Waals surface area contributed by atoms with Crippen molar-refractivity contribution in [3.05, 3.63) is 163 Å². The average Bonchev–Trinajstić information content (AvgIpc) is 4.19. The van der Waals surface area contributed by atoms with E-state index in [1.807, 2.05) is 57.2 Å². The second-order valence-corrected chi connectivity index (χ2v) is 22.3. The molecule has 2 atom stereocenters. The van der Waals surface area contributed by atoms with Gasteiger partial charge in [-0.2, -0.15) is 13.2 Å². The number of amides is 2. The summed E-state index contributed by atoms with van der Waals surface area (Å²) in [5.74, 6) is -0.393. The zero-order chi connectivity index (χ0) is 60.1. The monoisotopic (exact) mass is 1240 g/mol. The number of hydrogen-bond donors (Lipinski definition) is 0. The molecule has 1 fully saturated rings. The van der Waals surface area contributed by atoms with Crippen LogP contribution in [0.15, 0.2) is 113 Å². The summed E-state index contributed by atoms with van der Waals surface area (Å²) in [5, 5.41) is 15.2. The van der Waals surface area contributed by atoms with Gasteiger partial charge >= 0.3 is 12.1 Å². The number of sulfone groups is 1. The number of aryl methyl sites for hydroxylation is 2. The standard InChI is InChI=1S/C15H22ClNO2.C15H12F3NO4S.C14H9Cl2NO5.C11H11Cl2NO2/c1-5-13-8-6-7-11(2)15(13)17(14(18)9-16)12(3)10-19-4;1-24(21,22)12-6-9(15(16,17)18)4-5-10(12)13(20)11-7-19-23-14(11)8-2-3-8;1-21-14(18)10-7-9(3-4-12(10)17(19)20)22-13-5-2-8(15)6-11(13)16;1-7-6-16-9-5-3-2-4-8(9)14(7)11(15)10(12)13/h6-8,12H,5,9-10H2,1-4H3;4-8H,2-3H2,1H3;2-7H,1H3;2-5,7,10H,6H2,1H3. The molecule has 8 rings (SSSR count). The Morgan fingerprint density at radius 2 is 1.63 bits per heavy atom. The van der Waals surface area contributed by atoms with Gasteiger partial charge in [0.2, 0.25) is 5.91 Å². The first-order chi connectivity index (χ1) is 38.2. The third-order valence-corrected chi connectivity index (χ3v) is 14.3. The van der Waals surface area contributed by atoms with E-state index in [1.165, 1.54) is 24.4 Å². The molecule has 0 N–H and O–H groups in total. The second-order valence-electron chi connectivity index (χ2n) is 18.1. The first-order valence-electron chi connectivity index (χ1n) is 24.4. The number of rotatable bonds is 15. The van der Waals surface area contributed by atoms with Crippen LogP contribution in [-0.2, 0) is 41.5 Å². The highest BCUT2D eigenvalue weighted by Gasteiger charge is 2.37. The lowest BCUT2D eigenvalue weighted by Gasteiger charge is -2.35. The molecule has 434 valence electrons. The van der Waals surface area contributed by atoms with E-state index < -0.39 is 48.0 Å². The molecule has 2 unspecified atom stereocenters. The van der Waals surface area contributed by atoms with Gasteiger partial charge in [-0.15, -0.1) is 11.6 Å². The smallest absolute Gasteiger partial charge is 0.416 e. The van der Waals surface area contributed by atoms with Crippen molar-refractivity contribution < 1.29 is 69.2 Å². The lowest BCUT2D eigenvalue weighted by atomic mass is 10.0. The van der Waals surface area contributed by atoms with Gasteiger partial charge in [0.25, 0.3) is 11.6 Å². The summed E-state index contributed by atoms with van der Waals surface area (Å²) in [5.41, 5.74) is 1.97. The van der Waals surface area contributed by atoms with Crippen LogP contribution in [-0.4, -0.2) is 98.6 Å². The Bertz CT molecular complexity index is 3360. The number of methoxy groups -OCH3 is 2. The van der Waals surface area contributed by atoms with Crippen molar-refractivity contribution >= 4 is 108 Å². The maximum atomic E-state index is 12.8. The summed E-state index contributed by atoms with van der Waals surface area (Å²) in [6, 6.07) is 23.7. The topological polar surface area (TPSA) is 215 Å². The molecule has 1 aliphatic carbocycles. The Labute approximate surface area is 490 Å². The summed E-state index contributed by atoms with van der Waals surface area (Å²) >= 11 is 28.8. The summed E-state index contributed by atoms with van der Waals surface area (Å²) in [6.45, 7) is 8.90. The normalized spacial score (nSPS) is 14.0. The first kappa shape index (κ1) is 65.4. The average molecular weight is 1250 g/mol. The minimum atomic E-state index is -4.71. The quantitative estimate of drug-likeness (QED) is 0.0307. The molecule has 0 bridgehead atoms. The molecule has 2 amide bonds. The Hall–Kier alpha value is -6.46. The fraction of sp³-hybridized carbons (Fsp3) is 0.327. The number of aromatic nitrogens is 1. The van der Waals surface area contributed by atoms with Crippen molar-refractivity contribution in [2.75, 3.05) is 49.4 Å². The Morgan fingerprint density at radius 3 is 2.21 bits per heavy atom. The lowest BCUT2D eigenvalue weighted by Crippen LogP contribution is -2.47. The molecule has 2 heterocycles. The van der Waals surface area contributed by atoms with Crippen molar-refractivity contribution in [1.29, 1.82) is 0 Å². The van der Waals surface area contributed by atoms with Gasteiger partial charge in [-0.3, -0.25) is 24.5 Å². The number of benzene rings is 5. The fourth-order valence-electron chi connectivity index (χ4n) is 8.16. The number of alkyl halides is 6. The third kappa shape index (κ3) is 17.1. The molecule has 6 aromatic rings. The van der Waals surface area contributed by atoms with E-state index in [0.29, 0.717) is 47.6 Å². The van der Waals surface area contributed by atoms with E-state index in [0.717, 1.165) is 67.3 Å². The zero-order valence-electron chi connectivity index (χ0n) is 44.4. The number of anilines is 2. The van der Waals surface area contributed by atoms with Crippen LogP contribution in [0.1, 0.15) is 88.3 Å². The fourth-order valence-corrected chi connectivity index (χ4v) is 9.84. The van der Waals surface area contributed by atoms with Crippen molar-refractivity contribution in [3.8, 4) is 17.2 Å². The number of nitro benzene ring substituents is 1. The van der Waals surface area contributed by atoms with E-state index in [9.17, 15) is 50.9 Å². The number of esters is 1. The molecule has 1 aromatic heterocycles. The zero-order valence-corrected chi connectivity index (χ0v) is 49.0. The number of ether oxygens (including phenoxy) is 4. The van der Waals surface area contributed by atoms with Crippen molar-refractivity contribution in [2.24, 2.45) is 0 Å². The molecule has 1 aliphatic heterocycles. The summed E-state index contributed by atoms with van der Waals surface area (Å²) < 4.78 is 88.0. The van der Waals surface area contributed by atoms with Gasteiger partial charge in [0.15, 0.2) is 26.2 Å². The summed E-state index contributed by atoms with van der Waals surface area (Å²) in [7, 11) is -1.27. The molecule has 26 heteroatoms. The molecule has 2 aliphatic rings. The highest BCUT2D eigenvalue weighted by molar-refractivity contribution is 7.90. The van der Waals surface area contributed by atoms with Gasteiger partial charge in [0.05, 0.1) is 69.3 Å². The predicted octanol–water partition coefficient (Wildman–Crippen LogP) is 13.5. The molecular weight excluding hydrogens is 1190 g/mol. The van der Waals surface area contributed by atoms with Gasteiger partial charge in [-0.25, -0.2) is 13.2 Å². The number of nitro groups is 1. The van der Waals surface area contributed by atoms with Crippen LogP contribution in [0.2, 0.25) is 10.0 Å². The Kier molecular flexibility index (Phi) is 23.4. The number of hydrogen-bond acceptors (Lipinski definition) is 14. The van der Waals surface area contributed by atoms with E-state index in [-0.39, 0.29) is 68.8 Å². The van der Waals surface area contributed by atoms with Crippen molar-refractivity contribution in [2.45, 2.75) is 80.9 Å². The van der Waals surface area contributed by atoms with E-state index >= 15 is 0 Å². The van der Waals surface area contributed by atoms with Crippen LogP contribution in [0.4, 0.5) is 30.2 Å². The maximum Gasteiger partial charge on any atom is 0.416 e. The van der Waals surface area contributed by atoms with E-state index in [2.05, 4.69) is 22.9 Å². The van der Waals surface area contributed by atoms with Crippen LogP contribution in [0, 0.1) is 17.0 Å². The number of halogens is 8. The lowest BCUT2D eigenvalue weighted by molar-refractivity contribution is -0.385. The van der Waals surface area contributed by atoms with Gasteiger partial charge in [0, 0.05) is 42.0 Å². The van der Waals surface area contributed by atoms with Crippen molar-refractivity contribution in [3.63, 3.8) is 0 Å². The van der Waals surface area contributed by atoms with Crippen molar-refractivity contribution in [1.82, 2.24) is 5.16 Å². The molecule has 0 saturated heterocycles. The number of carbonyl (C=O) groups is 4.